The van der Waals surface area contributed by atoms with Crippen LogP contribution in [0.25, 0.3) is 0 Å². The lowest BCUT2D eigenvalue weighted by atomic mass is 9.93. The minimum atomic E-state index is -0.404. The van der Waals surface area contributed by atoms with Crippen molar-refractivity contribution in [3.8, 4) is 0 Å². The van der Waals surface area contributed by atoms with Crippen molar-refractivity contribution in [3.63, 3.8) is 0 Å². The maximum atomic E-state index is 12.1. The lowest BCUT2D eigenvalue weighted by Crippen LogP contribution is -2.52. The summed E-state index contributed by atoms with van der Waals surface area (Å²) >= 11 is 0. The van der Waals surface area contributed by atoms with Crippen LogP contribution in [0.2, 0.25) is 0 Å². The molecule has 0 aliphatic carbocycles. The molecule has 2 saturated heterocycles. The number of carbonyl (C=O) groups excluding carboxylic acids is 1. The Balaban J connectivity index is 1.86. The lowest BCUT2D eigenvalue weighted by molar-refractivity contribution is -0.139. The Kier molecular flexibility index (Phi) is 4.15. The zero-order valence-electron chi connectivity index (χ0n) is 9.56. The first-order valence-electron chi connectivity index (χ1n) is 5.99. The van der Waals surface area contributed by atoms with Crippen LogP contribution in [0.4, 0.5) is 0 Å². The SMILES string of the molecule is NC(C(=O)N1CCOCC1)C1CCCOC1. The summed E-state index contributed by atoms with van der Waals surface area (Å²) in [6, 6.07) is -0.404. The van der Waals surface area contributed by atoms with Crippen molar-refractivity contribution >= 4 is 5.91 Å². The van der Waals surface area contributed by atoms with E-state index in [0.29, 0.717) is 32.9 Å². The zero-order valence-corrected chi connectivity index (χ0v) is 9.56. The number of carbonyl (C=O) groups is 1. The van der Waals surface area contributed by atoms with Gasteiger partial charge in [0.1, 0.15) is 0 Å². The first kappa shape index (κ1) is 11.8. The number of nitrogens with two attached hydrogens (primary N) is 1. The third-order valence-electron chi connectivity index (χ3n) is 3.31. The fourth-order valence-corrected chi connectivity index (χ4v) is 2.25. The molecule has 0 radical (unpaired) electrons. The van der Waals surface area contributed by atoms with Crippen molar-refractivity contribution < 1.29 is 14.3 Å². The number of amides is 1. The molecule has 2 aliphatic rings. The average Bonchev–Trinajstić information content (AvgIpc) is 2.39. The van der Waals surface area contributed by atoms with Gasteiger partial charge in [0.25, 0.3) is 0 Å². The number of hydrogen-bond acceptors (Lipinski definition) is 4. The van der Waals surface area contributed by atoms with Gasteiger partial charge >= 0.3 is 0 Å². The molecule has 2 atom stereocenters. The monoisotopic (exact) mass is 228 g/mol. The third kappa shape index (κ3) is 2.72. The summed E-state index contributed by atoms with van der Waals surface area (Å²) in [6.45, 7) is 4.01. The molecule has 5 nitrogen and oxygen atoms in total. The highest BCUT2D eigenvalue weighted by Crippen LogP contribution is 2.18. The van der Waals surface area contributed by atoms with Crippen LogP contribution in [0.15, 0.2) is 0 Å². The lowest BCUT2D eigenvalue weighted by Gasteiger charge is -2.33. The second-order valence-corrected chi connectivity index (χ2v) is 4.44. The molecule has 92 valence electrons. The van der Waals surface area contributed by atoms with Gasteiger partial charge in [-0.15, -0.1) is 0 Å². The van der Waals surface area contributed by atoms with E-state index in [1.807, 2.05) is 4.90 Å². The summed E-state index contributed by atoms with van der Waals surface area (Å²) in [5.41, 5.74) is 6.01. The fourth-order valence-electron chi connectivity index (χ4n) is 2.25. The van der Waals surface area contributed by atoms with E-state index in [4.69, 9.17) is 15.2 Å². The summed E-state index contributed by atoms with van der Waals surface area (Å²) < 4.78 is 10.6. The van der Waals surface area contributed by atoms with Crippen LogP contribution in [0.5, 0.6) is 0 Å². The van der Waals surface area contributed by atoms with E-state index in [1.165, 1.54) is 0 Å². The van der Waals surface area contributed by atoms with Crippen molar-refractivity contribution in [1.29, 1.82) is 0 Å². The van der Waals surface area contributed by atoms with E-state index in [9.17, 15) is 4.79 Å². The van der Waals surface area contributed by atoms with Crippen molar-refractivity contribution in [1.82, 2.24) is 4.90 Å². The first-order chi connectivity index (χ1) is 7.79. The Morgan fingerprint density at radius 3 is 2.62 bits per heavy atom. The molecular weight excluding hydrogens is 208 g/mol. The Bertz CT molecular complexity index is 235. The van der Waals surface area contributed by atoms with Crippen molar-refractivity contribution in [3.05, 3.63) is 0 Å². The minimum Gasteiger partial charge on any atom is -0.381 e. The number of morpholine rings is 1. The van der Waals surface area contributed by atoms with Crippen LogP contribution in [0, 0.1) is 5.92 Å². The van der Waals surface area contributed by atoms with Gasteiger partial charge in [-0.05, 0) is 12.8 Å². The van der Waals surface area contributed by atoms with Gasteiger partial charge in [0.05, 0.1) is 25.9 Å². The summed E-state index contributed by atoms with van der Waals surface area (Å²) in [5.74, 6) is 0.239. The van der Waals surface area contributed by atoms with Gasteiger partial charge in [0, 0.05) is 25.6 Å². The van der Waals surface area contributed by atoms with Gasteiger partial charge in [-0.3, -0.25) is 4.79 Å². The van der Waals surface area contributed by atoms with E-state index in [0.717, 1.165) is 19.4 Å². The molecule has 0 bridgehead atoms. The van der Waals surface area contributed by atoms with Crippen LogP contribution in [0.1, 0.15) is 12.8 Å². The number of nitrogens with zero attached hydrogens (tertiary/aromatic N) is 1. The highest BCUT2D eigenvalue weighted by atomic mass is 16.5. The van der Waals surface area contributed by atoms with Crippen LogP contribution in [0.3, 0.4) is 0 Å². The maximum absolute atomic E-state index is 12.1. The number of hydrogen-bond donors (Lipinski definition) is 1. The quantitative estimate of drug-likeness (QED) is 0.698. The zero-order chi connectivity index (χ0) is 11.4. The van der Waals surface area contributed by atoms with E-state index in [-0.39, 0.29) is 11.8 Å². The third-order valence-corrected chi connectivity index (χ3v) is 3.31. The maximum Gasteiger partial charge on any atom is 0.240 e. The van der Waals surface area contributed by atoms with Gasteiger partial charge < -0.3 is 20.1 Å². The molecule has 0 aromatic rings. The molecule has 2 unspecified atom stereocenters. The largest absolute Gasteiger partial charge is 0.381 e. The standard InChI is InChI=1S/C11H20N2O3/c12-10(9-2-1-5-16-8-9)11(14)13-3-6-15-7-4-13/h9-10H,1-8,12H2. The number of ether oxygens (including phenoxy) is 2. The van der Waals surface area contributed by atoms with Gasteiger partial charge in [-0.1, -0.05) is 0 Å². The van der Waals surface area contributed by atoms with E-state index < -0.39 is 6.04 Å². The van der Waals surface area contributed by atoms with Gasteiger partial charge in [-0.25, -0.2) is 0 Å². The molecule has 5 heteroatoms. The van der Waals surface area contributed by atoms with Gasteiger partial charge in [-0.2, -0.15) is 0 Å². The smallest absolute Gasteiger partial charge is 0.240 e. The van der Waals surface area contributed by atoms with Crippen LogP contribution in [-0.4, -0.2) is 56.4 Å². The molecule has 0 aromatic carbocycles. The summed E-state index contributed by atoms with van der Waals surface area (Å²) in [7, 11) is 0. The second-order valence-electron chi connectivity index (χ2n) is 4.44. The Morgan fingerprint density at radius 2 is 2.00 bits per heavy atom. The Hall–Kier alpha value is -0.650. The van der Waals surface area contributed by atoms with Crippen molar-refractivity contribution in [2.24, 2.45) is 11.7 Å². The summed E-state index contributed by atoms with van der Waals surface area (Å²) in [6.07, 6.45) is 2.01. The molecule has 0 saturated carbocycles. The van der Waals surface area contributed by atoms with Gasteiger partial charge in [0.2, 0.25) is 5.91 Å². The van der Waals surface area contributed by atoms with Crippen molar-refractivity contribution in [2.75, 3.05) is 39.5 Å². The second kappa shape index (κ2) is 5.61. The topological polar surface area (TPSA) is 64.8 Å². The van der Waals surface area contributed by atoms with Crippen molar-refractivity contribution in [2.45, 2.75) is 18.9 Å². The fraction of sp³-hybridized carbons (Fsp3) is 0.909. The molecule has 2 N–H and O–H groups in total. The molecule has 2 aliphatic heterocycles. The van der Waals surface area contributed by atoms with E-state index in [1.54, 1.807) is 0 Å². The molecule has 2 fully saturated rings. The Morgan fingerprint density at radius 1 is 1.25 bits per heavy atom. The first-order valence-corrected chi connectivity index (χ1v) is 5.99. The van der Waals surface area contributed by atoms with E-state index in [2.05, 4.69) is 0 Å². The average molecular weight is 228 g/mol. The molecule has 16 heavy (non-hydrogen) atoms. The molecule has 0 aromatic heterocycles. The van der Waals surface area contributed by atoms with Crippen LogP contribution >= 0.6 is 0 Å². The minimum absolute atomic E-state index is 0.0544. The van der Waals surface area contributed by atoms with Crippen LogP contribution in [-0.2, 0) is 14.3 Å². The summed E-state index contributed by atoms with van der Waals surface area (Å²) in [4.78, 5) is 13.9. The normalized spacial score (nSPS) is 28.8. The van der Waals surface area contributed by atoms with Gasteiger partial charge in [0.15, 0.2) is 0 Å². The molecule has 2 rings (SSSR count). The molecule has 1 amide bonds. The van der Waals surface area contributed by atoms with E-state index >= 15 is 0 Å². The Labute approximate surface area is 95.9 Å². The predicted octanol–water partition coefficient (Wildman–Crippen LogP) is -0.401. The van der Waals surface area contributed by atoms with Crippen LogP contribution < -0.4 is 5.73 Å². The molecule has 0 spiro atoms. The highest BCUT2D eigenvalue weighted by molar-refractivity contribution is 5.82. The predicted molar refractivity (Wildman–Crippen MR) is 58.9 cm³/mol. The summed E-state index contributed by atoms with van der Waals surface area (Å²) in [5, 5.41) is 0. The highest BCUT2D eigenvalue weighted by Gasteiger charge is 2.30. The number of rotatable bonds is 2. The molecular formula is C11H20N2O3. The molecule has 2 heterocycles.